The highest BCUT2D eigenvalue weighted by Crippen LogP contribution is 2.62. The van der Waals surface area contributed by atoms with Crippen molar-refractivity contribution in [3.05, 3.63) is 35.4 Å². The molecule has 2 bridgehead atoms. The topological polar surface area (TPSA) is 66.5 Å². The van der Waals surface area contributed by atoms with Crippen LogP contribution in [0.3, 0.4) is 0 Å². The van der Waals surface area contributed by atoms with Crippen LogP contribution in [0.2, 0.25) is 0 Å². The number of hydrogen-bond acceptors (Lipinski definition) is 7. The molecular weight excluding hydrogens is 410 g/mol. The van der Waals surface area contributed by atoms with Gasteiger partial charge in [0, 0.05) is 43.6 Å². The third-order valence-electron chi connectivity index (χ3n) is 7.60. The van der Waals surface area contributed by atoms with E-state index in [2.05, 4.69) is 30.2 Å². The lowest BCUT2D eigenvalue weighted by Gasteiger charge is -2.56. The minimum absolute atomic E-state index is 0.0662. The van der Waals surface area contributed by atoms with E-state index in [0.717, 1.165) is 43.7 Å². The summed E-state index contributed by atoms with van der Waals surface area (Å²) in [6.07, 6.45) is 8.11. The normalized spacial score (nSPS) is 31.7. The Morgan fingerprint density at radius 2 is 2.09 bits per heavy atom. The summed E-state index contributed by atoms with van der Waals surface area (Å²) in [5, 5.41) is 0. The standard InChI is InChI=1S/C25H33NO6/c1-16(27)29-12-4-5-13-30-21-9-7-18-19-14-17-6-8-20(31-15-28-3)23-22(17)25(18,24(21)32-23)10-11-26(19)2/h6-9,18-19,21,24H,4-5,10-15H2,1-3H3/t18-,19+,21?,24?,25-/m0/s1. The number of nitrogens with zero attached hydrogens (tertiary/aromatic N) is 1. The molecule has 1 spiro atoms. The number of hydrogen-bond donors (Lipinski definition) is 0. The van der Waals surface area contributed by atoms with Gasteiger partial charge in [-0.3, -0.25) is 4.79 Å². The Balaban J connectivity index is 1.41. The van der Waals surface area contributed by atoms with Gasteiger partial charge in [-0.05, 0) is 50.9 Å². The first-order valence-corrected chi connectivity index (χ1v) is 11.6. The molecule has 4 aliphatic rings. The van der Waals surface area contributed by atoms with Gasteiger partial charge in [-0.25, -0.2) is 0 Å². The molecule has 0 aromatic heterocycles. The molecule has 2 aliphatic heterocycles. The first-order chi connectivity index (χ1) is 15.6. The third kappa shape index (κ3) is 3.42. The van der Waals surface area contributed by atoms with Crippen molar-refractivity contribution in [2.75, 3.05) is 40.7 Å². The fraction of sp³-hybridized carbons (Fsp3) is 0.640. The number of likely N-dealkylation sites (N-methyl/N-ethyl adjacent to an activating group) is 1. The van der Waals surface area contributed by atoms with Crippen LogP contribution in [0.1, 0.15) is 37.3 Å². The van der Waals surface area contributed by atoms with Crippen LogP contribution in [0.5, 0.6) is 11.5 Å². The maximum absolute atomic E-state index is 10.9. The van der Waals surface area contributed by atoms with Crippen LogP contribution >= 0.6 is 0 Å². The van der Waals surface area contributed by atoms with Crippen molar-refractivity contribution >= 4 is 5.97 Å². The largest absolute Gasteiger partial charge is 0.482 e. The van der Waals surface area contributed by atoms with E-state index in [4.69, 9.17) is 23.7 Å². The molecule has 2 unspecified atom stereocenters. The number of carbonyl (C=O) groups excluding carboxylic acids is 1. The number of piperidine rings is 1. The summed E-state index contributed by atoms with van der Waals surface area (Å²) >= 11 is 0. The van der Waals surface area contributed by atoms with E-state index in [1.807, 2.05) is 6.07 Å². The van der Waals surface area contributed by atoms with E-state index >= 15 is 0 Å². The van der Waals surface area contributed by atoms with Crippen molar-refractivity contribution in [2.24, 2.45) is 5.92 Å². The Kier molecular flexibility index (Phi) is 5.90. The number of ether oxygens (including phenoxy) is 5. The van der Waals surface area contributed by atoms with Gasteiger partial charge in [0.25, 0.3) is 0 Å². The number of esters is 1. The van der Waals surface area contributed by atoms with Crippen LogP contribution in [0.25, 0.3) is 0 Å². The van der Waals surface area contributed by atoms with E-state index in [9.17, 15) is 4.79 Å². The maximum atomic E-state index is 10.9. The molecule has 7 heteroatoms. The van der Waals surface area contributed by atoms with Crippen LogP contribution in [-0.2, 0) is 30.8 Å². The minimum Gasteiger partial charge on any atom is -0.482 e. The zero-order valence-corrected chi connectivity index (χ0v) is 19.2. The zero-order valence-electron chi connectivity index (χ0n) is 19.2. The van der Waals surface area contributed by atoms with E-state index < -0.39 is 0 Å². The SMILES string of the molecule is COCOc1ccc2c3c1OC1C(OCCCCOC(C)=O)C=C[C@H]4[C@@H](C2)N(C)CC[C@]314. The van der Waals surface area contributed by atoms with Crippen LogP contribution in [-0.4, -0.2) is 69.8 Å². The van der Waals surface area contributed by atoms with Crippen LogP contribution < -0.4 is 9.47 Å². The summed E-state index contributed by atoms with van der Waals surface area (Å²) in [5.74, 6) is 1.80. The van der Waals surface area contributed by atoms with E-state index in [-0.39, 0.29) is 30.4 Å². The molecular formula is C25H33NO6. The highest BCUT2D eigenvalue weighted by atomic mass is 16.7. The number of rotatable bonds is 9. The molecule has 0 radical (unpaired) electrons. The van der Waals surface area contributed by atoms with Crippen molar-refractivity contribution in [1.82, 2.24) is 4.90 Å². The molecule has 0 N–H and O–H groups in total. The summed E-state index contributed by atoms with van der Waals surface area (Å²) in [7, 11) is 3.87. The van der Waals surface area contributed by atoms with E-state index in [1.54, 1.807) is 7.11 Å². The second-order valence-electron chi connectivity index (χ2n) is 9.35. The summed E-state index contributed by atoms with van der Waals surface area (Å²) < 4.78 is 29.1. The van der Waals surface area contributed by atoms with Gasteiger partial charge in [0.1, 0.15) is 12.2 Å². The molecule has 0 saturated carbocycles. The van der Waals surface area contributed by atoms with Gasteiger partial charge in [0.15, 0.2) is 18.3 Å². The molecule has 1 aromatic carbocycles. The Bertz CT molecular complexity index is 901. The van der Waals surface area contributed by atoms with Gasteiger partial charge in [-0.1, -0.05) is 18.2 Å². The Labute approximate surface area is 189 Å². The third-order valence-corrected chi connectivity index (χ3v) is 7.60. The highest BCUT2D eigenvalue weighted by Gasteiger charge is 2.64. The molecule has 2 heterocycles. The van der Waals surface area contributed by atoms with Crippen molar-refractivity contribution in [1.29, 1.82) is 0 Å². The lowest BCUT2D eigenvalue weighted by Crippen LogP contribution is -2.65. The lowest BCUT2D eigenvalue weighted by molar-refractivity contribution is -0.141. The molecule has 2 aliphatic carbocycles. The van der Waals surface area contributed by atoms with Crippen LogP contribution in [0, 0.1) is 5.92 Å². The summed E-state index contributed by atoms with van der Waals surface area (Å²) in [5.41, 5.74) is 2.62. The smallest absolute Gasteiger partial charge is 0.302 e. The van der Waals surface area contributed by atoms with Gasteiger partial charge >= 0.3 is 5.97 Å². The molecule has 174 valence electrons. The van der Waals surface area contributed by atoms with Crippen LogP contribution in [0.4, 0.5) is 0 Å². The molecule has 1 fully saturated rings. The van der Waals surface area contributed by atoms with Crippen LogP contribution in [0.15, 0.2) is 24.3 Å². The Hall–Kier alpha value is -2.09. The highest BCUT2D eigenvalue weighted by molar-refractivity contribution is 5.65. The summed E-state index contributed by atoms with van der Waals surface area (Å²) in [6, 6.07) is 4.71. The molecule has 1 saturated heterocycles. The van der Waals surface area contributed by atoms with Crippen molar-refractivity contribution < 1.29 is 28.5 Å². The van der Waals surface area contributed by atoms with Gasteiger partial charge in [-0.2, -0.15) is 0 Å². The van der Waals surface area contributed by atoms with Gasteiger partial charge in [-0.15, -0.1) is 0 Å². The molecule has 1 aromatic rings. The van der Waals surface area contributed by atoms with E-state index in [0.29, 0.717) is 25.2 Å². The number of likely N-dealkylation sites (tertiary alicyclic amines) is 1. The van der Waals surface area contributed by atoms with Crippen molar-refractivity contribution in [3.63, 3.8) is 0 Å². The second kappa shape index (κ2) is 8.69. The van der Waals surface area contributed by atoms with E-state index in [1.165, 1.54) is 18.1 Å². The quantitative estimate of drug-likeness (QED) is 0.252. The molecule has 7 nitrogen and oxygen atoms in total. The molecule has 0 amide bonds. The first kappa shape index (κ1) is 21.7. The lowest BCUT2D eigenvalue weighted by atomic mass is 9.53. The van der Waals surface area contributed by atoms with Gasteiger partial charge < -0.3 is 28.6 Å². The fourth-order valence-corrected chi connectivity index (χ4v) is 6.23. The number of carbonyl (C=O) groups is 1. The van der Waals surface area contributed by atoms with Crippen molar-refractivity contribution in [3.8, 4) is 11.5 Å². The Morgan fingerprint density at radius 1 is 1.25 bits per heavy atom. The monoisotopic (exact) mass is 443 g/mol. The molecule has 5 rings (SSSR count). The Morgan fingerprint density at radius 3 is 2.91 bits per heavy atom. The molecule has 32 heavy (non-hydrogen) atoms. The first-order valence-electron chi connectivity index (χ1n) is 11.6. The number of methoxy groups -OCH3 is 1. The second-order valence-corrected chi connectivity index (χ2v) is 9.35. The predicted molar refractivity (Wildman–Crippen MR) is 118 cm³/mol. The summed E-state index contributed by atoms with van der Waals surface area (Å²) in [6.45, 7) is 3.73. The predicted octanol–water partition coefficient (Wildman–Crippen LogP) is 2.84. The van der Waals surface area contributed by atoms with Crippen molar-refractivity contribution in [2.45, 2.75) is 56.3 Å². The van der Waals surface area contributed by atoms with Gasteiger partial charge in [0.05, 0.1) is 6.61 Å². The average molecular weight is 444 g/mol. The summed E-state index contributed by atoms with van der Waals surface area (Å²) in [4.78, 5) is 13.4. The fourth-order valence-electron chi connectivity index (χ4n) is 6.23. The minimum atomic E-state index is -0.236. The number of unbranched alkanes of at least 4 members (excludes halogenated alkanes) is 1. The average Bonchev–Trinajstić information content (AvgIpc) is 3.13. The zero-order chi connectivity index (χ0) is 22.3. The number of benzene rings is 1. The van der Waals surface area contributed by atoms with Gasteiger partial charge in [0.2, 0.25) is 0 Å². The maximum Gasteiger partial charge on any atom is 0.302 e. The molecule has 5 atom stereocenters.